The van der Waals surface area contributed by atoms with E-state index in [0.717, 1.165) is 12.3 Å². The van der Waals surface area contributed by atoms with Crippen LogP contribution >= 0.6 is 0 Å². The fourth-order valence-corrected chi connectivity index (χ4v) is 4.83. The summed E-state index contributed by atoms with van der Waals surface area (Å²) in [6, 6.07) is 22.2. The molecule has 0 fully saturated rings. The molecule has 0 aliphatic rings. The predicted octanol–water partition coefficient (Wildman–Crippen LogP) is 6.89. The quantitative estimate of drug-likeness (QED) is 0.235. The summed E-state index contributed by atoms with van der Waals surface area (Å²) in [5.74, 6) is 1.22. The summed E-state index contributed by atoms with van der Waals surface area (Å²) < 4.78 is 77.9. The second-order valence-electron chi connectivity index (χ2n) is 8.50. The van der Waals surface area contributed by atoms with Gasteiger partial charge in [-0.25, -0.2) is 13.4 Å². The van der Waals surface area contributed by atoms with Gasteiger partial charge in [0.05, 0.1) is 23.3 Å². The maximum atomic E-state index is 13.8. The summed E-state index contributed by atoms with van der Waals surface area (Å²) in [4.78, 5) is 4.56. The van der Waals surface area contributed by atoms with Crippen LogP contribution in [0.4, 0.5) is 13.2 Å². The van der Waals surface area contributed by atoms with Crippen LogP contribution < -0.4 is 9.47 Å². The maximum Gasteiger partial charge on any atom is 0.419 e. The Labute approximate surface area is 216 Å². The van der Waals surface area contributed by atoms with Crippen molar-refractivity contribution in [2.45, 2.75) is 11.1 Å². The van der Waals surface area contributed by atoms with E-state index in [2.05, 4.69) is 4.98 Å². The fraction of sp³-hybridized carbons (Fsp3) is 0.107. The lowest BCUT2D eigenvalue weighted by Gasteiger charge is -2.11. The zero-order valence-corrected chi connectivity index (χ0v) is 21.0. The number of hydrogen-bond acceptors (Lipinski definition) is 5. The molecule has 6 nitrogen and oxygen atoms in total. The number of imidazole rings is 1. The van der Waals surface area contributed by atoms with E-state index < -0.39 is 21.6 Å². The zero-order valence-electron chi connectivity index (χ0n) is 20.2. The lowest BCUT2D eigenvalue weighted by molar-refractivity contribution is -0.136. The number of benzene rings is 3. The molecule has 10 heteroatoms. The molecule has 194 valence electrons. The Bertz CT molecular complexity index is 1740. The number of para-hydroxylation sites is 1. The van der Waals surface area contributed by atoms with Crippen molar-refractivity contribution in [3.63, 3.8) is 0 Å². The normalized spacial score (nSPS) is 12.0. The van der Waals surface area contributed by atoms with Gasteiger partial charge in [0.1, 0.15) is 28.6 Å². The van der Waals surface area contributed by atoms with Crippen molar-refractivity contribution in [3.8, 4) is 39.8 Å². The predicted molar refractivity (Wildman–Crippen MR) is 137 cm³/mol. The monoisotopic (exact) mass is 538 g/mol. The van der Waals surface area contributed by atoms with Gasteiger partial charge in [0.25, 0.3) is 0 Å². The van der Waals surface area contributed by atoms with E-state index >= 15 is 0 Å². The summed E-state index contributed by atoms with van der Waals surface area (Å²) in [6.45, 7) is 0. The second-order valence-corrected chi connectivity index (χ2v) is 10.5. The smallest absolute Gasteiger partial charge is 0.419 e. The molecule has 5 rings (SSSR count). The third-order valence-corrected chi connectivity index (χ3v) is 7.02. The Kier molecular flexibility index (Phi) is 6.36. The molecule has 0 bridgehead atoms. The van der Waals surface area contributed by atoms with Gasteiger partial charge in [-0.15, -0.1) is 0 Å². The summed E-state index contributed by atoms with van der Waals surface area (Å²) in [7, 11) is -1.92. The highest BCUT2D eigenvalue weighted by Crippen LogP contribution is 2.41. The first-order valence-electron chi connectivity index (χ1n) is 11.4. The van der Waals surface area contributed by atoms with Crippen molar-refractivity contribution in [2.24, 2.45) is 0 Å². The van der Waals surface area contributed by atoms with Gasteiger partial charge in [0.2, 0.25) is 0 Å². The molecule has 0 N–H and O–H groups in total. The number of hydrogen-bond donors (Lipinski definition) is 0. The SMILES string of the molecule is COc1ccccc1-c1nc2c(C(F)(F)F)cccn2c1-c1ccc(Oc2cccc(S(C)(=O)=O)c2)cc1. The van der Waals surface area contributed by atoms with Gasteiger partial charge in [-0.3, -0.25) is 4.40 Å². The molecule has 0 atom stereocenters. The number of sulfone groups is 1. The van der Waals surface area contributed by atoms with E-state index in [9.17, 15) is 21.6 Å². The summed E-state index contributed by atoms with van der Waals surface area (Å²) in [5.41, 5.74) is 0.825. The second kappa shape index (κ2) is 9.53. The van der Waals surface area contributed by atoms with Crippen molar-refractivity contribution in [1.82, 2.24) is 9.38 Å². The first kappa shape index (κ1) is 25.3. The summed E-state index contributed by atoms with van der Waals surface area (Å²) >= 11 is 0. The maximum absolute atomic E-state index is 13.8. The molecule has 0 unspecified atom stereocenters. The molecule has 5 aromatic rings. The Morgan fingerprint density at radius 2 is 1.61 bits per heavy atom. The minimum atomic E-state index is -4.60. The minimum Gasteiger partial charge on any atom is -0.496 e. The molecule has 0 saturated carbocycles. The molecule has 0 spiro atoms. The molecule has 0 radical (unpaired) electrons. The Morgan fingerprint density at radius 1 is 0.868 bits per heavy atom. The van der Waals surface area contributed by atoms with Crippen LogP contribution in [0.1, 0.15) is 5.56 Å². The lowest BCUT2D eigenvalue weighted by Crippen LogP contribution is -2.07. The number of ether oxygens (including phenoxy) is 2. The van der Waals surface area contributed by atoms with Crippen LogP contribution in [0.3, 0.4) is 0 Å². The Balaban J connectivity index is 1.63. The van der Waals surface area contributed by atoms with Crippen molar-refractivity contribution in [1.29, 1.82) is 0 Å². The number of methoxy groups -OCH3 is 1. The number of nitrogens with zero attached hydrogens (tertiary/aromatic N) is 2. The molecular formula is C28H21F3N2O4S. The Morgan fingerprint density at radius 3 is 2.29 bits per heavy atom. The molecule has 2 aromatic heterocycles. The highest BCUT2D eigenvalue weighted by molar-refractivity contribution is 7.90. The molecule has 0 amide bonds. The standard InChI is InChI=1S/C28H21F3N2O4S/c1-36-24-11-4-3-9-22(24)25-26(33-16-6-10-23(27(33)32-25)28(29,30)31)18-12-14-19(15-13-18)37-20-7-5-8-21(17-20)38(2,34)35/h3-17H,1-2H3. The van der Waals surface area contributed by atoms with Crippen LogP contribution in [0, 0.1) is 0 Å². The van der Waals surface area contributed by atoms with Gasteiger partial charge in [-0.1, -0.05) is 18.2 Å². The molecule has 0 aliphatic carbocycles. The zero-order chi connectivity index (χ0) is 27.1. The molecule has 2 heterocycles. The van der Waals surface area contributed by atoms with Crippen LogP contribution in [0.25, 0.3) is 28.2 Å². The number of alkyl halides is 3. The van der Waals surface area contributed by atoms with E-state index in [4.69, 9.17) is 9.47 Å². The third kappa shape index (κ3) is 4.82. The highest BCUT2D eigenvalue weighted by atomic mass is 32.2. The van der Waals surface area contributed by atoms with Crippen LogP contribution in [0.2, 0.25) is 0 Å². The van der Waals surface area contributed by atoms with Gasteiger partial charge >= 0.3 is 6.18 Å². The summed E-state index contributed by atoms with van der Waals surface area (Å²) in [6.07, 6.45) is -1.95. The van der Waals surface area contributed by atoms with E-state index in [-0.39, 0.29) is 10.5 Å². The van der Waals surface area contributed by atoms with Crippen LogP contribution in [0.5, 0.6) is 17.2 Å². The largest absolute Gasteiger partial charge is 0.496 e. The topological polar surface area (TPSA) is 69.9 Å². The molecule has 38 heavy (non-hydrogen) atoms. The van der Waals surface area contributed by atoms with E-state index in [1.165, 1.54) is 35.9 Å². The number of rotatable bonds is 6. The fourth-order valence-electron chi connectivity index (χ4n) is 4.18. The van der Waals surface area contributed by atoms with Gasteiger partial charge < -0.3 is 9.47 Å². The first-order valence-corrected chi connectivity index (χ1v) is 13.3. The van der Waals surface area contributed by atoms with Crippen LogP contribution in [0.15, 0.2) is 96.0 Å². The Hall–Kier alpha value is -4.31. The number of aromatic nitrogens is 2. The van der Waals surface area contributed by atoms with Gasteiger partial charge in [0, 0.05) is 23.6 Å². The van der Waals surface area contributed by atoms with Gasteiger partial charge in [-0.2, -0.15) is 13.2 Å². The molecule has 3 aromatic carbocycles. The molecular weight excluding hydrogens is 517 g/mol. The first-order chi connectivity index (χ1) is 18.1. The average molecular weight is 539 g/mol. The number of pyridine rings is 1. The van der Waals surface area contributed by atoms with E-state index in [1.807, 2.05) is 0 Å². The molecule has 0 saturated heterocycles. The van der Waals surface area contributed by atoms with Crippen LogP contribution in [-0.2, 0) is 16.0 Å². The van der Waals surface area contributed by atoms with Crippen molar-refractivity contribution < 1.29 is 31.1 Å². The van der Waals surface area contributed by atoms with Crippen molar-refractivity contribution >= 4 is 15.5 Å². The van der Waals surface area contributed by atoms with Crippen molar-refractivity contribution in [2.75, 3.05) is 13.4 Å². The van der Waals surface area contributed by atoms with E-state index in [1.54, 1.807) is 60.7 Å². The van der Waals surface area contributed by atoms with Crippen molar-refractivity contribution in [3.05, 3.63) is 96.7 Å². The summed E-state index contributed by atoms with van der Waals surface area (Å²) in [5, 5.41) is 0. The molecule has 0 aliphatic heterocycles. The minimum absolute atomic E-state index is 0.124. The average Bonchev–Trinajstić information content (AvgIpc) is 3.27. The number of halogens is 3. The van der Waals surface area contributed by atoms with Crippen LogP contribution in [-0.4, -0.2) is 31.2 Å². The van der Waals surface area contributed by atoms with E-state index in [0.29, 0.717) is 39.8 Å². The van der Waals surface area contributed by atoms with Gasteiger partial charge in [-0.05, 0) is 66.7 Å². The third-order valence-electron chi connectivity index (χ3n) is 5.91. The van der Waals surface area contributed by atoms with Gasteiger partial charge in [0.15, 0.2) is 9.84 Å². The highest BCUT2D eigenvalue weighted by Gasteiger charge is 2.35. The number of fused-ring (bicyclic) bond motifs is 1. The lowest BCUT2D eigenvalue weighted by atomic mass is 10.0.